The second kappa shape index (κ2) is 13.2. The average molecular weight is 346 g/mol. The second-order valence-corrected chi connectivity index (χ2v) is 6.10. The summed E-state index contributed by atoms with van der Waals surface area (Å²) in [6.45, 7) is 1.44. The van der Waals surface area contributed by atoms with E-state index >= 15 is 0 Å². The van der Waals surface area contributed by atoms with Gasteiger partial charge in [-0.1, -0.05) is 61.7 Å². The van der Waals surface area contributed by atoms with Gasteiger partial charge in [-0.3, -0.25) is 9.59 Å². The topological polar surface area (TPSA) is 52.6 Å². The van der Waals surface area contributed by atoms with Crippen LogP contribution in [-0.2, 0) is 19.1 Å². The van der Waals surface area contributed by atoms with Crippen molar-refractivity contribution in [1.29, 1.82) is 0 Å². The van der Waals surface area contributed by atoms with E-state index in [1.807, 2.05) is 30.3 Å². The van der Waals surface area contributed by atoms with Crippen LogP contribution < -0.4 is 0 Å². The zero-order valence-corrected chi connectivity index (χ0v) is 15.4. The van der Waals surface area contributed by atoms with Crippen molar-refractivity contribution in [2.75, 3.05) is 7.11 Å². The first kappa shape index (κ1) is 20.9. The third kappa shape index (κ3) is 10.4. The van der Waals surface area contributed by atoms with Crippen LogP contribution >= 0.6 is 0 Å². The molecule has 1 atom stereocenters. The maximum atomic E-state index is 11.3. The predicted molar refractivity (Wildman–Crippen MR) is 99.0 cm³/mol. The molecule has 0 heterocycles. The molecule has 0 saturated carbocycles. The number of allylic oxidation sites excluding steroid dienone is 1. The summed E-state index contributed by atoms with van der Waals surface area (Å²) in [5.74, 6) is -0.377. The minimum Gasteiger partial charge on any atom is -0.469 e. The van der Waals surface area contributed by atoms with Crippen molar-refractivity contribution >= 4 is 11.9 Å². The number of carbonyl (C=O) groups excluding carboxylic acids is 2. The zero-order chi connectivity index (χ0) is 18.3. The highest BCUT2D eigenvalue weighted by Crippen LogP contribution is 2.22. The van der Waals surface area contributed by atoms with Crippen LogP contribution in [0.5, 0.6) is 0 Å². The molecule has 1 unspecified atom stereocenters. The van der Waals surface area contributed by atoms with E-state index in [1.165, 1.54) is 14.0 Å². The Balaban J connectivity index is 2.18. The lowest BCUT2D eigenvalue weighted by Crippen LogP contribution is -2.07. The third-order valence-electron chi connectivity index (χ3n) is 3.98. The van der Waals surface area contributed by atoms with Crippen molar-refractivity contribution in [1.82, 2.24) is 0 Å². The number of unbranched alkanes of at least 4 members (excludes halogenated alkanes) is 5. The van der Waals surface area contributed by atoms with E-state index in [0.29, 0.717) is 12.8 Å². The lowest BCUT2D eigenvalue weighted by atomic mass is 10.1. The molecule has 0 amide bonds. The molecule has 0 aliphatic heterocycles. The molecule has 0 saturated heterocycles. The number of esters is 2. The van der Waals surface area contributed by atoms with Crippen molar-refractivity contribution in [2.45, 2.75) is 64.4 Å². The number of carbonyl (C=O) groups is 2. The van der Waals surface area contributed by atoms with Gasteiger partial charge in [0.05, 0.1) is 7.11 Å². The van der Waals surface area contributed by atoms with Crippen molar-refractivity contribution in [3.05, 3.63) is 48.0 Å². The summed E-state index contributed by atoms with van der Waals surface area (Å²) in [5.41, 5.74) is 1.02. The molecule has 4 nitrogen and oxygen atoms in total. The summed E-state index contributed by atoms with van der Waals surface area (Å²) in [6, 6.07) is 9.83. The second-order valence-electron chi connectivity index (χ2n) is 6.10. The highest BCUT2D eigenvalue weighted by atomic mass is 16.5. The summed E-state index contributed by atoms with van der Waals surface area (Å²) in [6.07, 6.45) is 11.7. The number of rotatable bonds is 12. The SMILES string of the molecule is COC(=O)CCCCCCCC=CCC(OC(C)=O)c1ccccc1. The Bertz CT molecular complexity index is 522. The smallest absolute Gasteiger partial charge is 0.305 e. The van der Waals surface area contributed by atoms with Crippen LogP contribution in [0.4, 0.5) is 0 Å². The first-order valence-corrected chi connectivity index (χ1v) is 9.07. The van der Waals surface area contributed by atoms with Gasteiger partial charge < -0.3 is 9.47 Å². The van der Waals surface area contributed by atoms with E-state index in [4.69, 9.17) is 4.74 Å². The van der Waals surface area contributed by atoms with Crippen molar-refractivity contribution < 1.29 is 19.1 Å². The van der Waals surface area contributed by atoms with E-state index in [2.05, 4.69) is 16.9 Å². The van der Waals surface area contributed by atoms with Crippen LogP contribution in [0.25, 0.3) is 0 Å². The number of methoxy groups -OCH3 is 1. The largest absolute Gasteiger partial charge is 0.469 e. The maximum absolute atomic E-state index is 11.3. The normalized spacial score (nSPS) is 12.1. The molecule has 4 heteroatoms. The molecule has 0 aliphatic rings. The third-order valence-corrected chi connectivity index (χ3v) is 3.98. The van der Waals surface area contributed by atoms with Gasteiger partial charge in [0.25, 0.3) is 0 Å². The van der Waals surface area contributed by atoms with E-state index in [1.54, 1.807) is 0 Å². The fourth-order valence-electron chi connectivity index (χ4n) is 2.62. The van der Waals surface area contributed by atoms with Gasteiger partial charge in [0.15, 0.2) is 0 Å². The molecule has 0 N–H and O–H groups in total. The van der Waals surface area contributed by atoms with Gasteiger partial charge in [-0.2, -0.15) is 0 Å². The molecule has 0 bridgehead atoms. The Morgan fingerprint density at radius 1 is 1.00 bits per heavy atom. The van der Waals surface area contributed by atoms with Crippen LogP contribution in [0.2, 0.25) is 0 Å². The fourth-order valence-corrected chi connectivity index (χ4v) is 2.62. The van der Waals surface area contributed by atoms with E-state index < -0.39 is 0 Å². The number of hydrogen-bond acceptors (Lipinski definition) is 4. The minimum atomic E-state index is -0.255. The lowest BCUT2D eigenvalue weighted by molar-refractivity contribution is -0.146. The van der Waals surface area contributed by atoms with E-state index in [0.717, 1.165) is 44.1 Å². The summed E-state index contributed by atoms with van der Waals surface area (Å²) >= 11 is 0. The maximum Gasteiger partial charge on any atom is 0.305 e. The first-order valence-electron chi connectivity index (χ1n) is 9.07. The molecule has 138 valence electrons. The quantitative estimate of drug-likeness (QED) is 0.299. The number of benzene rings is 1. The molecule has 0 radical (unpaired) electrons. The van der Waals surface area contributed by atoms with Gasteiger partial charge >= 0.3 is 11.9 Å². The Labute approximate surface area is 151 Å². The Morgan fingerprint density at radius 3 is 2.36 bits per heavy atom. The van der Waals surface area contributed by atoms with Gasteiger partial charge in [-0.05, 0) is 24.8 Å². The van der Waals surface area contributed by atoms with Gasteiger partial charge in [0, 0.05) is 19.8 Å². The molecule has 0 aliphatic carbocycles. The van der Waals surface area contributed by atoms with Gasteiger partial charge in [-0.25, -0.2) is 0 Å². The van der Waals surface area contributed by atoms with Gasteiger partial charge in [-0.15, -0.1) is 0 Å². The molecule has 0 spiro atoms. The number of hydrogen-bond donors (Lipinski definition) is 0. The molecule has 1 aromatic carbocycles. The average Bonchev–Trinajstić information content (AvgIpc) is 2.62. The van der Waals surface area contributed by atoms with Crippen molar-refractivity contribution in [3.8, 4) is 0 Å². The van der Waals surface area contributed by atoms with Crippen molar-refractivity contribution in [3.63, 3.8) is 0 Å². The van der Waals surface area contributed by atoms with Crippen LogP contribution in [0.3, 0.4) is 0 Å². The lowest BCUT2D eigenvalue weighted by Gasteiger charge is -2.15. The van der Waals surface area contributed by atoms with E-state index in [-0.39, 0.29) is 18.0 Å². The van der Waals surface area contributed by atoms with Gasteiger partial charge in [0.2, 0.25) is 0 Å². The molecule has 25 heavy (non-hydrogen) atoms. The van der Waals surface area contributed by atoms with Gasteiger partial charge in [0.1, 0.15) is 6.10 Å². The molecule has 0 fully saturated rings. The highest BCUT2D eigenvalue weighted by molar-refractivity contribution is 5.69. The minimum absolute atomic E-state index is 0.122. The zero-order valence-electron chi connectivity index (χ0n) is 15.4. The molecule has 1 rings (SSSR count). The van der Waals surface area contributed by atoms with Crippen LogP contribution in [0.15, 0.2) is 42.5 Å². The first-order chi connectivity index (χ1) is 12.1. The van der Waals surface area contributed by atoms with Crippen LogP contribution in [-0.4, -0.2) is 19.0 Å². The monoisotopic (exact) mass is 346 g/mol. The van der Waals surface area contributed by atoms with E-state index in [9.17, 15) is 9.59 Å². The summed E-state index contributed by atoms with van der Waals surface area (Å²) in [7, 11) is 1.43. The summed E-state index contributed by atoms with van der Waals surface area (Å²) < 4.78 is 10.0. The Morgan fingerprint density at radius 2 is 1.68 bits per heavy atom. The summed E-state index contributed by atoms with van der Waals surface area (Å²) in [4.78, 5) is 22.3. The molecule has 0 aromatic heterocycles. The molecular weight excluding hydrogens is 316 g/mol. The Hall–Kier alpha value is -2.10. The van der Waals surface area contributed by atoms with Crippen molar-refractivity contribution in [2.24, 2.45) is 0 Å². The predicted octanol–water partition coefficient (Wildman–Crippen LogP) is 5.14. The number of ether oxygens (including phenoxy) is 2. The standard InChI is InChI=1S/C21H30O4/c1-18(22)25-20(19-14-10-9-11-15-19)16-12-7-5-3-4-6-8-13-17-21(23)24-2/h7,9-12,14-15,20H,3-6,8,13,16-17H2,1-2H3. The molecule has 1 aromatic rings. The Kier molecular flexibility index (Phi) is 11.1. The molecular formula is C21H30O4. The summed E-state index contributed by atoms with van der Waals surface area (Å²) in [5, 5.41) is 0. The highest BCUT2D eigenvalue weighted by Gasteiger charge is 2.12. The van der Waals surface area contributed by atoms with Crippen LogP contribution in [0, 0.1) is 0 Å². The fraction of sp³-hybridized carbons (Fsp3) is 0.524. The van der Waals surface area contributed by atoms with Crippen LogP contribution in [0.1, 0.15) is 70.0 Å².